The molecule has 1 aromatic carbocycles. The number of hydrogen-bond acceptors (Lipinski definition) is 2. The van der Waals surface area contributed by atoms with Crippen molar-refractivity contribution in [3.8, 4) is 0 Å². The maximum atomic E-state index is 5.92. The summed E-state index contributed by atoms with van der Waals surface area (Å²) in [5, 5.41) is 1.34. The summed E-state index contributed by atoms with van der Waals surface area (Å²) in [6.07, 6.45) is 8.40. The lowest BCUT2D eigenvalue weighted by Gasteiger charge is -2.32. The Hall–Kier alpha value is -1.36. The summed E-state index contributed by atoms with van der Waals surface area (Å²) >= 11 is 0. The molecule has 1 heterocycles. The summed E-state index contributed by atoms with van der Waals surface area (Å²) in [6, 6.07) is 10.4. The van der Waals surface area contributed by atoms with E-state index < -0.39 is 0 Å². The van der Waals surface area contributed by atoms with Gasteiger partial charge >= 0.3 is 7.12 Å². The van der Waals surface area contributed by atoms with E-state index in [-0.39, 0.29) is 18.3 Å². The fraction of sp³-hybridized carbons (Fsp3) is 0.333. The minimum absolute atomic E-state index is 0.273. The SMILES string of the molecule is CC1(C)OB(/C=C/C=C/C([SiH3])=C\c2ccccc2)OC1(C)C. The molecule has 1 aromatic rings. The molecule has 0 saturated carbocycles. The third-order valence-electron chi connectivity index (χ3n) is 4.20. The van der Waals surface area contributed by atoms with Crippen LogP contribution in [0.5, 0.6) is 0 Å². The fourth-order valence-electron chi connectivity index (χ4n) is 2.19. The molecule has 0 atom stereocenters. The molecule has 0 bridgehead atoms. The van der Waals surface area contributed by atoms with Gasteiger partial charge in [-0.3, -0.25) is 0 Å². The topological polar surface area (TPSA) is 18.5 Å². The van der Waals surface area contributed by atoms with Crippen LogP contribution in [0.2, 0.25) is 0 Å². The van der Waals surface area contributed by atoms with Crippen molar-refractivity contribution in [1.82, 2.24) is 0 Å². The van der Waals surface area contributed by atoms with E-state index in [1.165, 1.54) is 10.8 Å². The molecule has 0 spiro atoms. The Kier molecular flexibility index (Phi) is 5.27. The molecule has 22 heavy (non-hydrogen) atoms. The molecule has 1 aliphatic rings. The summed E-state index contributed by atoms with van der Waals surface area (Å²) in [5.41, 5.74) is 0.691. The van der Waals surface area contributed by atoms with Crippen LogP contribution in [0.1, 0.15) is 33.3 Å². The highest BCUT2D eigenvalue weighted by Crippen LogP contribution is 2.36. The number of rotatable bonds is 4. The predicted octanol–water partition coefficient (Wildman–Crippen LogP) is 3.14. The number of hydrogen-bond donors (Lipinski definition) is 0. The molecule has 0 N–H and O–H groups in total. The molecular weight excluding hydrogens is 287 g/mol. The van der Waals surface area contributed by atoms with E-state index in [0.29, 0.717) is 0 Å². The lowest BCUT2D eigenvalue weighted by Crippen LogP contribution is -2.41. The van der Waals surface area contributed by atoms with Crippen molar-refractivity contribution in [2.75, 3.05) is 0 Å². The van der Waals surface area contributed by atoms with Crippen molar-refractivity contribution in [2.45, 2.75) is 38.9 Å². The van der Waals surface area contributed by atoms with Gasteiger partial charge in [0.2, 0.25) is 0 Å². The zero-order chi connectivity index (χ0) is 16.2. The van der Waals surface area contributed by atoms with E-state index in [0.717, 1.165) is 10.2 Å². The largest absolute Gasteiger partial charge is 0.487 e. The Morgan fingerprint density at radius 2 is 1.59 bits per heavy atom. The maximum absolute atomic E-state index is 5.92. The van der Waals surface area contributed by atoms with E-state index in [1.54, 1.807) is 0 Å². The number of benzene rings is 1. The Bertz CT molecular complexity index is 572. The fourth-order valence-corrected chi connectivity index (χ4v) is 2.72. The molecule has 4 heteroatoms. The molecule has 1 fully saturated rings. The van der Waals surface area contributed by atoms with Gasteiger partial charge in [0.25, 0.3) is 0 Å². The van der Waals surface area contributed by atoms with Crippen LogP contribution in [0.25, 0.3) is 6.08 Å². The van der Waals surface area contributed by atoms with E-state index in [9.17, 15) is 0 Å². The lowest BCUT2D eigenvalue weighted by molar-refractivity contribution is 0.00578. The lowest BCUT2D eigenvalue weighted by atomic mass is 9.90. The van der Waals surface area contributed by atoms with Crippen molar-refractivity contribution < 1.29 is 9.31 Å². The van der Waals surface area contributed by atoms with Gasteiger partial charge in [-0.1, -0.05) is 65.8 Å². The minimum atomic E-state index is -0.276. The molecule has 0 radical (unpaired) electrons. The van der Waals surface area contributed by atoms with Crippen LogP contribution in [-0.4, -0.2) is 28.6 Å². The molecule has 0 amide bonds. The normalized spacial score (nSPS) is 21.3. The highest BCUT2D eigenvalue weighted by atomic mass is 28.1. The van der Waals surface area contributed by atoms with Gasteiger partial charge in [-0.05, 0) is 33.3 Å². The van der Waals surface area contributed by atoms with Crippen molar-refractivity contribution in [3.05, 3.63) is 65.3 Å². The first-order valence-electron chi connectivity index (χ1n) is 7.74. The van der Waals surface area contributed by atoms with Crippen LogP contribution in [0.3, 0.4) is 0 Å². The highest BCUT2D eigenvalue weighted by Gasteiger charge is 2.49. The van der Waals surface area contributed by atoms with Crippen molar-refractivity contribution in [1.29, 1.82) is 0 Å². The van der Waals surface area contributed by atoms with Crippen LogP contribution in [0.4, 0.5) is 0 Å². The highest BCUT2D eigenvalue weighted by molar-refractivity contribution is 6.51. The second kappa shape index (κ2) is 6.82. The third kappa shape index (κ3) is 4.32. The van der Waals surface area contributed by atoms with Crippen LogP contribution < -0.4 is 0 Å². The van der Waals surface area contributed by atoms with Gasteiger partial charge in [0, 0.05) is 10.2 Å². The third-order valence-corrected chi connectivity index (χ3v) is 4.83. The first kappa shape index (κ1) is 17.0. The average Bonchev–Trinajstić information content (AvgIpc) is 2.64. The second-order valence-corrected chi connectivity index (χ2v) is 7.82. The van der Waals surface area contributed by atoms with Crippen LogP contribution >= 0.6 is 0 Å². The summed E-state index contributed by atoms with van der Waals surface area (Å²) < 4.78 is 11.8. The Labute approximate surface area is 137 Å². The summed E-state index contributed by atoms with van der Waals surface area (Å²) in [5.74, 6) is 1.96. The molecule has 0 aliphatic carbocycles. The quantitative estimate of drug-likeness (QED) is 0.628. The monoisotopic (exact) mass is 312 g/mol. The number of allylic oxidation sites excluding steroid dienone is 4. The zero-order valence-corrected chi connectivity index (χ0v) is 16.2. The van der Waals surface area contributed by atoms with Gasteiger partial charge in [0.15, 0.2) is 0 Å². The molecule has 2 rings (SSSR count). The van der Waals surface area contributed by atoms with Gasteiger partial charge in [-0.2, -0.15) is 0 Å². The molecule has 2 nitrogen and oxygen atoms in total. The Balaban J connectivity index is 1.92. The Morgan fingerprint density at radius 1 is 1.00 bits per heavy atom. The summed E-state index contributed by atoms with van der Waals surface area (Å²) in [7, 11) is 0.740. The molecule has 1 aliphatic heterocycles. The average molecular weight is 312 g/mol. The first-order valence-corrected chi connectivity index (χ1v) is 8.74. The van der Waals surface area contributed by atoms with Crippen molar-refractivity contribution in [3.63, 3.8) is 0 Å². The Morgan fingerprint density at radius 3 is 2.18 bits per heavy atom. The first-order chi connectivity index (χ1) is 10.3. The van der Waals surface area contributed by atoms with E-state index >= 15 is 0 Å². The van der Waals surface area contributed by atoms with Crippen molar-refractivity contribution in [2.24, 2.45) is 0 Å². The zero-order valence-electron chi connectivity index (χ0n) is 14.2. The van der Waals surface area contributed by atoms with Gasteiger partial charge < -0.3 is 9.31 Å². The molecule has 0 aromatic heterocycles. The van der Waals surface area contributed by atoms with Gasteiger partial charge in [0.05, 0.1) is 11.2 Å². The van der Waals surface area contributed by atoms with Crippen LogP contribution in [0.15, 0.2) is 59.7 Å². The predicted molar refractivity (Wildman–Crippen MR) is 98.7 cm³/mol. The second-order valence-electron chi connectivity index (χ2n) is 6.67. The molecule has 0 unspecified atom stereocenters. The molecule has 1 saturated heterocycles. The minimum Gasteiger partial charge on any atom is -0.400 e. The standard InChI is InChI=1S/C18H25BO2Si/c1-17(2)18(3,4)21-19(20-17)13-9-8-12-16(22)14-15-10-6-5-7-11-15/h5-14H,1-4,22H3/b12-8+,13-9+,16-14+. The smallest absolute Gasteiger partial charge is 0.400 e. The molecular formula is C18H25BO2Si. The maximum Gasteiger partial charge on any atom is 0.487 e. The van der Waals surface area contributed by atoms with Crippen LogP contribution in [0, 0.1) is 0 Å². The van der Waals surface area contributed by atoms with Gasteiger partial charge in [0.1, 0.15) is 0 Å². The van der Waals surface area contributed by atoms with E-state index in [1.807, 2.05) is 24.2 Å². The van der Waals surface area contributed by atoms with Crippen molar-refractivity contribution >= 4 is 23.4 Å². The van der Waals surface area contributed by atoms with Crippen LogP contribution in [-0.2, 0) is 9.31 Å². The summed E-state index contributed by atoms with van der Waals surface area (Å²) in [6.45, 7) is 8.26. The van der Waals surface area contributed by atoms with E-state index in [4.69, 9.17) is 9.31 Å². The molecule has 116 valence electrons. The van der Waals surface area contributed by atoms with Gasteiger partial charge in [-0.25, -0.2) is 0 Å². The van der Waals surface area contributed by atoms with E-state index in [2.05, 4.69) is 64.1 Å². The van der Waals surface area contributed by atoms with Gasteiger partial charge in [-0.15, -0.1) is 0 Å². The summed E-state index contributed by atoms with van der Waals surface area (Å²) in [4.78, 5) is 0.